The summed E-state index contributed by atoms with van der Waals surface area (Å²) < 4.78 is 41.0. The number of aromatic nitrogens is 1. The normalized spacial score (nSPS) is 23.5. The van der Waals surface area contributed by atoms with Crippen LogP contribution in [0.25, 0.3) is 16.3 Å². The SMILES string of the molecule is C=C(c1nc(NC2CC(NC(=O)C3CC3)C2)cc2c(NC3CCN(C)CC3)cccc12)C(F)(F)F. The summed E-state index contributed by atoms with van der Waals surface area (Å²) in [4.78, 5) is 18.6. The lowest BCUT2D eigenvalue weighted by Gasteiger charge is -2.37. The van der Waals surface area contributed by atoms with Crippen LogP contribution >= 0.6 is 0 Å². The van der Waals surface area contributed by atoms with Crippen molar-refractivity contribution in [3.05, 3.63) is 36.5 Å². The minimum Gasteiger partial charge on any atom is -0.382 e. The van der Waals surface area contributed by atoms with E-state index in [2.05, 4.69) is 39.5 Å². The van der Waals surface area contributed by atoms with Crippen LogP contribution in [0.1, 0.15) is 44.2 Å². The zero-order valence-electron chi connectivity index (χ0n) is 19.9. The van der Waals surface area contributed by atoms with Crippen LogP contribution < -0.4 is 16.0 Å². The molecule has 0 bridgehead atoms. The van der Waals surface area contributed by atoms with Crippen molar-refractivity contribution in [2.24, 2.45) is 5.92 Å². The van der Waals surface area contributed by atoms with Gasteiger partial charge in [-0.2, -0.15) is 13.2 Å². The number of hydrogen-bond acceptors (Lipinski definition) is 5. The zero-order chi connectivity index (χ0) is 24.7. The number of likely N-dealkylation sites (tertiary alicyclic amines) is 1. The van der Waals surface area contributed by atoms with Crippen LogP contribution in [0.3, 0.4) is 0 Å². The van der Waals surface area contributed by atoms with E-state index in [1.54, 1.807) is 12.1 Å². The van der Waals surface area contributed by atoms with Crippen LogP contribution in [-0.4, -0.2) is 60.2 Å². The number of allylic oxidation sites excluding steroid dienone is 1. The second kappa shape index (κ2) is 9.33. The van der Waals surface area contributed by atoms with Crippen LogP contribution in [-0.2, 0) is 4.79 Å². The van der Waals surface area contributed by atoms with E-state index in [1.807, 2.05) is 12.1 Å². The minimum absolute atomic E-state index is 0.0467. The van der Waals surface area contributed by atoms with E-state index in [0.29, 0.717) is 16.6 Å². The van der Waals surface area contributed by atoms with Crippen molar-refractivity contribution in [3.63, 3.8) is 0 Å². The third-order valence-electron chi connectivity index (χ3n) is 7.37. The smallest absolute Gasteiger partial charge is 0.382 e. The molecule has 0 unspecified atom stereocenters. The highest BCUT2D eigenvalue weighted by atomic mass is 19.4. The number of piperidine rings is 1. The summed E-state index contributed by atoms with van der Waals surface area (Å²) in [5, 5.41) is 11.0. The van der Waals surface area contributed by atoms with Crippen LogP contribution in [0.15, 0.2) is 30.8 Å². The molecule has 1 aromatic heterocycles. The van der Waals surface area contributed by atoms with E-state index in [0.717, 1.165) is 57.3 Å². The number of anilines is 2. The maximum atomic E-state index is 13.7. The van der Waals surface area contributed by atoms with Crippen molar-refractivity contribution < 1.29 is 18.0 Å². The second-order valence-corrected chi connectivity index (χ2v) is 10.2. The number of nitrogens with zero attached hydrogens (tertiary/aromatic N) is 2. The lowest BCUT2D eigenvalue weighted by molar-refractivity contribution is -0.123. The van der Waals surface area contributed by atoms with Gasteiger partial charge in [-0.3, -0.25) is 4.79 Å². The summed E-state index contributed by atoms with van der Waals surface area (Å²) in [5.41, 5.74) is -0.296. The van der Waals surface area contributed by atoms with Gasteiger partial charge in [0.05, 0.1) is 11.3 Å². The number of pyridine rings is 1. The Hall–Kier alpha value is -2.81. The third-order valence-corrected chi connectivity index (χ3v) is 7.37. The maximum Gasteiger partial charge on any atom is 0.417 e. The number of benzene rings is 1. The second-order valence-electron chi connectivity index (χ2n) is 10.2. The Morgan fingerprint density at radius 3 is 2.40 bits per heavy atom. The molecule has 6 nitrogen and oxygen atoms in total. The molecule has 1 saturated heterocycles. The van der Waals surface area contributed by atoms with Gasteiger partial charge in [-0.1, -0.05) is 18.7 Å². The number of halogens is 3. The van der Waals surface area contributed by atoms with Gasteiger partial charge in [0.25, 0.3) is 0 Å². The topological polar surface area (TPSA) is 69.3 Å². The van der Waals surface area contributed by atoms with Crippen LogP contribution in [0.4, 0.5) is 24.7 Å². The molecule has 5 rings (SSSR count). The molecule has 35 heavy (non-hydrogen) atoms. The highest BCUT2D eigenvalue weighted by Gasteiger charge is 2.37. The van der Waals surface area contributed by atoms with E-state index in [1.165, 1.54) is 0 Å². The number of carbonyl (C=O) groups is 1. The van der Waals surface area contributed by atoms with Gasteiger partial charge in [-0.25, -0.2) is 4.98 Å². The molecule has 1 amide bonds. The molecule has 188 valence electrons. The summed E-state index contributed by atoms with van der Waals surface area (Å²) in [5.74, 6) is 0.675. The molecule has 3 N–H and O–H groups in total. The molecule has 2 aliphatic carbocycles. The fraction of sp³-hybridized carbons (Fsp3) is 0.538. The molecule has 0 radical (unpaired) electrons. The summed E-state index contributed by atoms with van der Waals surface area (Å²) in [6.45, 7) is 5.29. The Morgan fingerprint density at radius 2 is 1.74 bits per heavy atom. The molecule has 9 heteroatoms. The van der Waals surface area contributed by atoms with Crippen LogP contribution in [0.2, 0.25) is 0 Å². The number of alkyl halides is 3. The van der Waals surface area contributed by atoms with E-state index in [-0.39, 0.29) is 35.6 Å². The molecule has 3 fully saturated rings. The first-order chi connectivity index (χ1) is 16.7. The van der Waals surface area contributed by atoms with E-state index >= 15 is 0 Å². The fourth-order valence-corrected chi connectivity index (χ4v) is 4.94. The van der Waals surface area contributed by atoms with Gasteiger partial charge in [-0.05, 0) is 70.8 Å². The number of carbonyl (C=O) groups excluding carboxylic acids is 1. The summed E-state index contributed by atoms with van der Waals surface area (Å²) in [6, 6.07) is 7.59. The summed E-state index contributed by atoms with van der Waals surface area (Å²) in [7, 11) is 2.09. The molecular formula is C26H32F3N5O. The van der Waals surface area contributed by atoms with E-state index < -0.39 is 11.7 Å². The predicted octanol–water partition coefficient (Wildman–Crippen LogP) is 4.79. The van der Waals surface area contributed by atoms with Gasteiger partial charge in [0.1, 0.15) is 5.82 Å². The van der Waals surface area contributed by atoms with Crippen molar-refractivity contribution in [2.75, 3.05) is 30.8 Å². The van der Waals surface area contributed by atoms with Gasteiger partial charge in [0.2, 0.25) is 5.91 Å². The molecule has 2 heterocycles. The third kappa shape index (κ3) is 5.39. The zero-order valence-corrected chi connectivity index (χ0v) is 19.9. The maximum absolute atomic E-state index is 13.7. The highest BCUT2D eigenvalue weighted by molar-refractivity contribution is 6.01. The molecule has 1 aliphatic heterocycles. The minimum atomic E-state index is -4.58. The highest BCUT2D eigenvalue weighted by Crippen LogP contribution is 2.39. The van der Waals surface area contributed by atoms with Gasteiger partial charge < -0.3 is 20.9 Å². The predicted molar refractivity (Wildman–Crippen MR) is 132 cm³/mol. The molecule has 0 atom stereocenters. The Kier molecular flexibility index (Phi) is 6.38. The number of nitrogens with one attached hydrogen (secondary N) is 3. The first-order valence-corrected chi connectivity index (χ1v) is 12.4. The lowest BCUT2D eigenvalue weighted by Crippen LogP contribution is -2.50. The largest absolute Gasteiger partial charge is 0.417 e. The van der Waals surface area contributed by atoms with Gasteiger partial charge in [0, 0.05) is 40.5 Å². The van der Waals surface area contributed by atoms with Crippen molar-refractivity contribution in [1.29, 1.82) is 0 Å². The Balaban J connectivity index is 1.39. The monoisotopic (exact) mass is 487 g/mol. The van der Waals surface area contributed by atoms with Gasteiger partial charge in [-0.15, -0.1) is 0 Å². The lowest BCUT2D eigenvalue weighted by atomic mass is 9.86. The Labute approximate surface area is 203 Å². The van der Waals surface area contributed by atoms with Crippen molar-refractivity contribution in [1.82, 2.24) is 15.2 Å². The molecule has 2 aromatic rings. The van der Waals surface area contributed by atoms with Crippen molar-refractivity contribution in [3.8, 4) is 0 Å². The molecule has 3 aliphatic rings. The van der Waals surface area contributed by atoms with Gasteiger partial charge >= 0.3 is 6.18 Å². The molecule has 2 saturated carbocycles. The average Bonchev–Trinajstić information content (AvgIpc) is 3.63. The Bertz CT molecular complexity index is 1120. The van der Waals surface area contributed by atoms with E-state index in [9.17, 15) is 18.0 Å². The number of hydrogen-bond donors (Lipinski definition) is 3. The van der Waals surface area contributed by atoms with Crippen molar-refractivity contribution in [2.45, 2.75) is 62.8 Å². The first-order valence-electron chi connectivity index (χ1n) is 12.4. The summed E-state index contributed by atoms with van der Waals surface area (Å²) >= 11 is 0. The summed E-state index contributed by atoms with van der Waals surface area (Å²) in [6.07, 6.45) is 0.738. The molecular weight excluding hydrogens is 455 g/mol. The average molecular weight is 488 g/mol. The Morgan fingerprint density at radius 1 is 1.03 bits per heavy atom. The fourth-order valence-electron chi connectivity index (χ4n) is 4.94. The van der Waals surface area contributed by atoms with E-state index in [4.69, 9.17) is 0 Å². The van der Waals surface area contributed by atoms with Gasteiger partial charge in [0.15, 0.2) is 0 Å². The van der Waals surface area contributed by atoms with Crippen molar-refractivity contribution >= 4 is 33.8 Å². The van der Waals surface area contributed by atoms with Crippen LogP contribution in [0, 0.1) is 5.92 Å². The van der Waals surface area contributed by atoms with Crippen LogP contribution in [0.5, 0.6) is 0 Å². The number of amides is 1. The number of fused-ring (bicyclic) bond motifs is 1. The molecule has 1 aromatic carbocycles. The standard InChI is InChI=1S/C26H32F3N5O/c1-15(26(27,28)29)24-20-4-3-5-22(30-17-8-10-34(2)11-9-17)21(20)14-23(33-24)31-18-12-19(13-18)32-25(35)16-6-7-16/h3-5,14,16-19,30H,1,6-13H2,2H3,(H,31,33)(H,32,35). The molecule has 0 spiro atoms. The quantitative estimate of drug-likeness (QED) is 0.524. The first kappa shape index (κ1) is 23.9. The number of rotatable bonds is 7.